The molecule has 1 aromatic heterocycles. The molecule has 0 unspecified atom stereocenters. The van der Waals surface area contributed by atoms with Crippen LogP contribution >= 0.6 is 11.8 Å². The molecule has 0 saturated heterocycles. The predicted octanol–water partition coefficient (Wildman–Crippen LogP) is 3.98. The molecule has 21 heavy (non-hydrogen) atoms. The van der Waals surface area contributed by atoms with E-state index in [0.29, 0.717) is 10.6 Å². The molecule has 2 rings (SSSR count). The molecule has 0 aliphatic carbocycles. The summed E-state index contributed by atoms with van der Waals surface area (Å²) in [5.74, 6) is 1.33. The summed E-state index contributed by atoms with van der Waals surface area (Å²) in [5, 5.41) is 0. The van der Waals surface area contributed by atoms with Gasteiger partial charge in [0.25, 0.3) is 0 Å². The molecule has 7 heteroatoms. The van der Waals surface area contributed by atoms with Crippen molar-refractivity contribution in [2.75, 3.05) is 12.8 Å². The third-order valence-electron chi connectivity index (χ3n) is 2.74. The van der Waals surface area contributed by atoms with Gasteiger partial charge in [0.15, 0.2) is 0 Å². The van der Waals surface area contributed by atoms with E-state index in [-0.39, 0.29) is 5.69 Å². The molecule has 1 aromatic carbocycles. The molecule has 1 heterocycles. The second-order valence-corrected chi connectivity index (χ2v) is 5.26. The quantitative estimate of drug-likeness (QED) is 0.867. The number of nitrogens with two attached hydrogens (primary N) is 1. The fourth-order valence-electron chi connectivity index (χ4n) is 1.62. The Balaban J connectivity index is 2.06. The second kappa shape index (κ2) is 6.26. The zero-order chi connectivity index (χ0) is 15.5. The van der Waals surface area contributed by atoms with Gasteiger partial charge < -0.3 is 10.5 Å². The lowest BCUT2D eigenvalue weighted by Crippen LogP contribution is -2.08. The van der Waals surface area contributed by atoms with Gasteiger partial charge in [0.1, 0.15) is 11.4 Å². The highest BCUT2D eigenvalue weighted by atomic mass is 32.2. The molecule has 0 radical (unpaired) electrons. The molecule has 2 aromatic rings. The number of anilines is 1. The number of pyridine rings is 1. The third kappa shape index (κ3) is 4.04. The summed E-state index contributed by atoms with van der Waals surface area (Å²) in [5.41, 5.74) is 5.76. The smallest absolute Gasteiger partial charge is 0.433 e. The lowest BCUT2D eigenvalue weighted by molar-refractivity contribution is -0.141. The van der Waals surface area contributed by atoms with E-state index in [1.165, 1.54) is 11.8 Å². The lowest BCUT2D eigenvalue weighted by atomic mass is 10.2. The Bertz CT molecular complexity index is 615. The highest BCUT2D eigenvalue weighted by Gasteiger charge is 2.32. The van der Waals surface area contributed by atoms with Gasteiger partial charge >= 0.3 is 6.18 Å². The van der Waals surface area contributed by atoms with Crippen molar-refractivity contribution in [2.45, 2.75) is 16.8 Å². The normalized spacial score (nSPS) is 11.4. The Morgan fingerprint density at radius 1 is 1.24 bits per heavy atom. The minimum atomic E-state index is -4.48. The summed E-state index contributed by atoms with van der Waals surface area (Å²) in [6, 6.07) is 8.28. The van der Waals surface area contributed by atoms with Crippen molar-refractivity contribution in [3.8, 4) is 5.75 Å². The Hall–Kier alpha value is -1.89. The molecule has 0 aliphatic heterocycles. The number of hydrogen-bond acceptors (Lipinski definition) is 4. The SMILES string of the molecule is COc1ccc(CSc2cnc(C(F)(F)F)cc2N)cc1. The molecule has 0 atom stereocenters. The van der Waals surface area contributed by atoms with Gasteiger partial charge in [0.2, 0.25) is 0 Å². The fraction of sp³-hybridized carbons (Fsp3) is 0.214. The summed E-state index contributed by atoms with van der Waals surface area (Å²) in [4.78, 5) is 3.93. The maximum Gasteiger partial charge on any atom is 0.433 e. The zero-order valence-corrected chi connectivity index (χ0v) is 12.0. The number of ether oxygens (including phenoxy) is 1. The van der Waals surface area contributed by atoms with Gasteiger partial charge in [-0.15, -0.1) is 11.8 Å². The van der Waals surface area contributed by atoms with Crippen LogP contribution in [0.15, 0.2) is 41.4 Å². The standard InChI is InChI=1S/C14H13F3N2OS/c1-20-10-4-2-9(3-5-10)8-21-12-7-19-13(6-11(12)18)14(15,16)17/h2-7H,8H2,1H3,(H2,18,19). The average molecular weight is 314 g/mol. The van der Waals surface area contributed by atoms with Crippen LogP contribution in [0, 0.1) is 0 Å². The van der Waals surface area contributed by atoms with Gasteiger partial charge in [0, 0.05) is 22.5 Å². The molecule has 0 fully saturated rings. The van der Waals surface area contributed by atoms with E-state index in [2.05, 4.69) is 4.98 Å². The number of methoxy groups -OCH3 is 1. The number of benzene rings is 1. The first-order valence-corrected chi connectivity index (χ1v) is 6.97. The molecule has 112 valence electrons. The maximum atomic E-state index is 12.5. The molecule has 0 amide bonds. The van der Waals surface area contributed by atoms with Gasteiger partial charge in [0.05, 0.1) is 7.11 Å². The fourth-order valence-corrected chi connectivity index (χ4v) is 2.48. The lowest BCUT2D eigenvalue weighted by Gasteiger charge is -2.09. The number of nitrogen functional groups attached to an aromatic ring is 1. The Morgan fingerprint density at radius 2 is 1.90 bits per heavy atom. The maximum absolute atomic E-state index is 12.5. The van der Waals surface area contributed by atoms with Crippen LogP contribution in [0.5, 0.6) is 5.75 Å². The summed E-state index contributed by atoms with van der Waals surface area (Å²) in [6.45, 7) is 0. The summed E-state index contributed by atoms with van der Waals surface area (Å²) >= 11 is 1.34. The van der Waals surface area contributed by atoms with Crippen LogP contribution in [-0.2, 0) is 11.9 Å². The van der Waals surface area contributed by atoms with E-state index in [9.17, 15) is 13.2 Å². The van der Waals surface area contributed by atoms with E-state index in [0.717, 1.165) is 23.6 Å². The zero-order valence-electron chi connectivity index (χ0n) is 11.1. The number of thioether (sulfide) groups is 1. The highest BCUT2D eigenvalue weighted by Crippen LogP contribution is 2.33. The molecular formula is C14H13F3N2OS. The summed E-state index contributed by atoms with van der Waals surface area (Å²) in [6.07, 6.45) is -3.32. The van der Waals surface area contributed by atoms with Crippen LogP contribution in [0.25, 0.3) is 0 Å². The van der Waals surface area contributed by atoms with Crippen molar-refractivity contribution in [3.63, 3.8) is 0 Å². The first-order valence-electron chi connectivity index (χ1n) is 5.98. The number of hydrogen-bond donors (Lipinski definition) is 1. The average Bonchev–Trinajstić information content (AvgIpc) is 2.45. The second-order valence-electron chi connectivity index (χ2n) is 4.24. The van der Waals surface area contributed by atoms with Crippen LogP contribution < -0.4 is 10.5 Å². The third-order valence-corrected chi connectivity index (χ3v) is 3.87. The summed E-state index contributed by atoms with van der Waals surface area (Å²) < 4.78 is 42.5. The largest absolute Gasteiger partial charge is 0.497 e. The van der Waals surface area contributed by atoms with Gasteiger partial charge in [-0.1, -0.05) is 12.1 Å². The monoisotopic (exact) mass is 314 g/mol. The van der Waals surface area contributed by atoms with E-state index >= 15 is 0 Å². The van der Waals surface area contributed by atoms with Gasteiger partial charge in [-0.3, -0.25) is 4.98 Å². The number of alkyl halides is 3. The molecule has 0 saturated carbocycles. The van der Waals surface area contributed by atoms with Crippen molar-refractivity contribution in [1.29, 1.82) is 0 Å². The molecule has 0 aliphatic rings. The van der Waals surface area contributed by atoms with E-state index < -0.39 is 11.9 Å². The van der Waals surface area contributed by atoms with Crippen molar-refractivity contribution in [1.82, 2.24) is 4.98 Å². The Morgan fingerprint density at radius 3 is 2.43 bits per heavy atom. The van der Waals surface area contributed by atoms with Crippen LogP contribution in [0.2, 0.25) is 0 Å². The van der Waals surface area contributed by atoms with E-state index in [1.807, 2.05) is 24.3 Å². The van der Waals surface area contributed by atoms with Crippen molar-refractivity contribution >= 4 is 17.4 Å². The minimum Gasteiger partial charge on any atom is -0.497 e. The van der Waals surface area contributed by atoms with E-state index in [4.69, 9.17) is 10.5 Å². The number of nitrogens with zero attached hydrogens (tertiary/aromatic N) is 1. The van der Waals surface area contributed by atoms with Crippen LogP contribution in [0.1, 0.15) is 11.3 Å². The number of halogens is 3. The highest BCUT2D eigenvalue weighted by molar-refractivity contribution is 7.98. The van der Waals surface area contributed by atoms with Gasteiger partial charge in [-0.25, -0.2) is 0 Å². The number of aromatic nitrogens is 1. The topological polar surface area (TPSA) is 48.1 Å². The molecule has 2 N–H and O–H groups in total. The first kappa shape index (κ1) is 15.5. The van der Waals surface area contributed by atoms with Crippen molar-refractivity contribution < 1.29 is 17.9 Å². The number of rotatable bonds is 4. The van der Waals surface area contributed by atoms with Gasteiger partial charge in [-0.05, 0) is 23.8 Å². The van der Waals surface area contributed by atoms with E-state index in [1.54, 1.807) is 7.11 Å². The molecule has 3 nitrogen and oxygen atoms in total. The van der Waals surface area contributed by atoms with Crippen LogP contribution in [0.3, 0.4) is 0 Å². The first-order chi connectivity index (χ1) is 9.90. The minimum absolute atomic E-state index is 0.0795. The van der Waals surface area contributed by atoms with Gasteiger partial charge in [-0.2, -0.15) is 13.2 Å². The van der Waals surface area contributed by atoms with Crippen LogP contribution in [0.4, 0.5) is 18.9 Å². The molecular weight excluding hydrogens is 301 g/mol. The molecule has 0 bridgehead atoms. The van der Waals surface area contributed by atoms with Crippen molar-refractivity contribution in [2.24, 2.45) is 0 Å². The Labute approximate surface area is 124 Å². The Kier molecular flexibility index (Phi) is 4.62. The van der Waals surface area contributed by atoms with Crippen molar-refractivity contribution in [3.05, 3.63) is 47.8 Å². The predicted molar refractivity (Wildman–Crippen MR) is 76.2 cm³/mol. The summed E-state index contributed by atoms with van der Waals surface area (Å²) in [7, 11) is 1.58. The van der Waals surface area contributed by atoms with Crippen LogP contribution in [-0.4, -0.2) is 12.1 Å². The molecule has 0 spiro atoms.